The van der Waals surface area contributed by atoms with Crippen molar-refractivity contribution in [2.24, 2.45) is 11.1 Å². The molecule has 0 spiro atoms. The summed E-state index contributed by atoms with van der Waals surface area (Å²) in [5, 5.41) is 4.79. The Labute approximate surface area is 141 Å². The minimum atomic E-state index is -0.641. The van der Waals surface area contributed by atoms with E-state index in [-0.39, 0.29) is 11.5 Å². The molecule has 6 heteroatoms. The van der Waals surface area contributed by atoms with Crippen molar-refractivity contribution in [2.45, 2.75) is 45.3 Å². The lowest BCUT2D eigenvalue weighted by atomic mass is 9.54. The van der Waals surface area contributed by atoms with Crippen molar-refractivity contribution in [2.75, 3.05) is 6.61 Å². The molecule has 0 amide bonds. The lowest BCUT2D eigenvalue weighted by Crippen LogP contribution is -2.67. The van der Waals surface area contributed by atoms with Gasteiger partial charge in [-0.1, -0.05) is 42.7 Å². The van der Waals surface area contributed by atoms with Gasteiger partial charge in [-0.05, 0) is 24.6 Å². The van der Waals surface area contributed by atoms with E-state index in [0.717, 1.165) is 5.56 Å². The van der Waals surface area contributed by atoms with Crippen LogP contribution in [-0.4, -0.2) is 22.9 Å². The summed E-state index contributed by atoms with van der Waals surface area (Å²) >= 11 is 5.90. The van der Waals surface area contributed by atoms with Crippen molar-refractivity contribution in [3.05, 3.63) is 46.6 Å². The molecule has 1 aromatic heterocycles. The Balaban J connectivity index is 1.76. The predicted octanol–water partition coefficient (Wildman–Crippen LogP) is 3.30. The molecule has 1 saturated carbocycles. The van der Waals surface area contributed by atoms with E-state index in [1.807, 2.05) is 31.2 Å². The van der Waals surface area contributed by atoms with Crippen molar-refractivity contribution < 1.29 is 9.26 Å². The number of benzene rings is 1. The molecule has 2 unspecified atom stereocenters. The van der Waals surface area contributed by atoms with E-state index in [4.69, 9.17) is 26.6 Å². The molecule has 2 N–H and O–H groups in total. The third-order valence-electron chi connectivity index (χ3n) is 4.96. The molecule has 0 bridgehead atoms. The summed E-state index contributed by atoms with van der Waals surface area (Å²) in [7, 11) is 0. The van der Waals surface area contributed by atoms with Crippen LogP contribution in [0.25, 0.3) is 0 Å². The number of rotatable bonds is 5. The number of ether oxygens (including phenoxy) is 1. The smallest absolute Gasteiger partial charge is 0.247 e. The highest BCUT2D eigenvalue weighted by atomic mass is 35.5. The Kier molecular flexibility index (Phi) is 4.21. The summed E-state index contributed by atoms with van der Waals surface area (Å²) < 4.78 is 11.2. The van der Waals surface area contributed by atoms with Crippen LogP contribution in [0, 0.1) is 5.41 Å². The van der Waals surface area contributed by atoms with Gasteiger partial charge < -0.3 is 15.0 Å². The highest BCUT2D eigenvalue weighted by molar-refractivity contribution is 6.30. The first kappa shape index (κ1) is 16.4. The van der Waals surface area contributed by atoms with Gasteiger partial charge in [-0.25, -0.2) is 0 Å². The Bertz CT molecular complexity index is 683. The number of nitrogens with two attached hydrogens (primary N) is 1. The second-order valence-corrected chi connectivity index (χ2v) is 7.10. The number of hydrogen-bond donors (Lipinski definition) is 1. The normalized spacial score (nSPS) is 26.0. The second kappa shape index (κ2) is 5.89. The minimum absolute atomic E-state index is 0.115. The maximum atomic E-state index is 6.56. The zero-order valence-corrected chi connectivity index (χ0v) is 14.4. The Morgan fingerprint density at radius 1 is 1.35 bits per heavy atom. The summed E-state index contributed by atoms with van der Waals surface area (Å²) in [5.41, 5.74) is 6.75. The van der Waals surface area contributed by atoms with Gasteiger partial charge in [0.25, 0.3) is 0 Å². The average molecular weight is 336 g/mol. The summed E-state index contributed by atoms with van der Waals surface area (Å²) in [6.07, 6.45) is 1.40. The third kappa shape index (κ3) is 2.77. The van der Waals surface area contributed by atoms with Gasteiger partial charge in [0.1, 0.15) is 5.54 Å². The first-order chi connectivity index (χ1) is 10.9. The molecule has 23 heavy (non-hydrogen) atoms. The number of halogens is 1. The highest BCUT2D eigenvalue weighted by Gasteiger charge is 2.62. The zero-order chi connectivity index (χ0) is 16.7. The van der Waals surface area contributed by atoms with Gasteiger partial charge in [-0.3, -0.25) is 0 Å². The van der Waals surface area contributed by atoms with Crippen molar-refractivity contribution in [3.63, 3.8) is 0 Å². The van der Waals surface area contributed by atoms with E-state index in [2.05, 4.69) is 24.0 Å². The van der Waals surface area contributed by atoms with Gasteiger partial charge in [-0.2, -0.15) is 4.98 Å². The van der Waals surface area contributed by atoms with Crippen LogP contribution in [0.1, 0.15) is 44.5 Å². The van der Waals surface area contributed by atoms with Gasteiger partial charge in [0, 0.05) is 29.9 Å². The molecule has 5 nitrogen and oxygen atoms in total. The number of hydrogen-bond acceptors (Lipinski definition) is 5. The van der Waals surface area contributed by atoms with Crippen molar-refractivity contribution >= 4 is 11.6 Å². The summed E-state index contributed by atoms with van der Waals surface area (Å²) in [5.74, 6) is 1.12. The third-order valence-corrected chi connectivity index (χ3v) is 5.21. The van der Waals surface area contributed by atoms with Gasteiger partial charge in [0.05, 0.1) is 6.10 Å². The maximum Gasteiger partial charge on any atom is 0.247 e. The van der Waals surface area contributed by atoms with Gasteiger partial charge >= 0.3 is 0 Å². The summed E-state index contributed by atoms with van der Waals surface area (Å²) in [4.78, 5) is 4.52. The molecule has 3 rings (SSSR count). The molecule has 0 aliphatic heterocycles. The monoisotopic (exact) mass is 335 g/mol. The molecular weight excluding hydrogens is 314 g/mol. The van der Waals surface area contributed by atoms with E-state index in [0.29, 0.717) is 36.2 Å². The Hall–Kier alpha value is -1.43. The SMILES string of the molecule is CCOC1CC(N)(c2nc(Cc3ccc(Cl)cc3)no2)C1(C)C. The van der Waals surface area contributed by atoms with Crippen LogP contribution in [-0.2, 0) is 16.7 Å². The summed E-state index contributed by atoms with van der Waals surface area (Å²) in [6, 6.07) is 7.61. The fourth-order valence-corrected chi connectivity index (χ4v) is 3.22. The molecule has 0 saturated heterocycles. The van der Waals surface area contributed by atoms with Gasteiger partial charge in [0.2, 0.25) is 5.89 Å². The van der Waals surface area contributed by atoms with Crippen molar-refractivity contribution in [1.82, 2.24) is 10.1 Å². The standard InChI is InChI=1S/C17H22ClN3O2/c1-4-22-13-10-17(19,16(13,2)3)15-20-14(21-23-15)9-11-5-7-12(18)8-6-11/h5-8,13H,4,9-10,19H2,1-3H3. The highest BCUT2D eigenvalue weighted by Crippen LogP contribution is 2.55. The molecule has 2 atom stereocenters. The number of aromatic nitrogens is 2. The Morgan fingerprint density at radius 2 is 2.04 bits per heavy atom. The van der Waals surface area contributed by atoms with Crippen LogP contribution in [0.3, 0.4) is 0 Å². The predicted molar refractivity (Wildman–Crippen MR) is 88.2 cm³/mol. The molecule has 1 aliphatic carbocycles. The van der Waals surface area contributed by atoms with Gasteiger partial charge in [-0.15, -0.1) is 0 Å². The van der Waals surface area contributed by atoms with E-state index in [1.165, 1.54) is 0 Å². The van der Waals surface area contributed by atoms with Crippen LogP contribution < -0.4 is 5.73 Å². The second-order valence-electron chi connectivity index (χ2n) is 6.66. The van der Waals surface area contributed by atoms with Crippen LogP contribution in [0.2, 0.25) is 5.02 Å². The van der Waals surface area contributed by atoms with E-state index in [9.17, 15) is 0 Å². The fraction of sp³-hybridized carbons (Fsp3) is 0.529. The molecule has 0 radical (unpaired) electrons. The van der Waals surface area contributed by atoms with E-state index < -0.39 is 5.54 Å². The molecular formula is C17H22ClN3O2. The number of nitrogens with zero attached hydrogens (tertiary/aromatic N) is 2. The molecule has 1 aromatic carbocycles. The van der Waals surface area contributed by atoms with Crippen LogP contribution in [0.4, 0.5) is 0 Å². The first-order valence-corrected chi connectivity index (χ1v) is 8.22. The molecule has 1 heterocycles. The van der Waals surface area contributed by atoms with Crippen molar-refractivity contribution in [3.8, 4) is 0 Å². The first-order valence-electron chi connectivity index (χ1n) is 7.85. The molecule has 1 aliphatic rings. The van der Waals surface area contributed by atoms with E-state index >= 15 is 0 Å². The lowest BCUT2D eigenvalue weighted by molar-refractivity contribution is -0.162. The average Bonchev–Trinajstić information content (AvgIpc) is 2.98. The minimum Gasteiger partial charge on any atom is -0.378 e. The molecule has 1 fully saturated rings. The maximum absolute atomic E-state index is 6.56. The lowest BCUT2D eigenvalue weighted by Gasteiger charge is -2.56. The quantitative estimate of drug-likeness (QED) is 0.907. The van der Waals surface area contributed by atoms with Crippen LogP contribution >= 0.6 is 11.6 Å². The van der Waals surface area contributed by atoms with E-state index in [1.54, 1.807) is 0 Å². The van der Waals surface area contributed by atoms with Crippen LogP contribution in [0.5, 0.6) is 0 Å². The summed E-state index contributed by atoms with van der Waals surface area (Å²) in [6.45, 7) is 6.83. The van der Waals surface area contributed by atoms with Crippen molar-refractivity contribution in [1.29, 1.82) is 0 Å². The van der Waals surface area contributed by atoms with Crippen LogP contribution in [0.15, 0.2) is 28.8 Å². The molecule has 2 aromatic rings. The van der Waals surface area contributed by atoms with Gasteiger partial charge in [0.15, 0.2) is 5.82 Å². The fourth-order valence-electron chi connectivity index (χ4n) is 3.09. The zero-order valence-electron chi connectivity index (χ0n) is 13.7. The molecule has 124 valence electrons. The topological polar surface area (TPSA) is 74.2 Å². The Morgan fingerprint density at radius 3 is 2.65 bits per heavy atom. The largest absolute Gasteiger partial charge is 0.378 e.